The molecule has 2 N–H and O–H groups in total. The molecule has 0 spiro atoms. The van der Waals surface area contributed by atoms with Crippen LogP contribution in [0.15, 0.2) is 0 Å². The fourth-order valence-corrected chi connectivity index (χ4v) is 2.98. The van der Waals surface area contributed by atoms with E-state index < -0.39 is 0 Å². The largest absolute Gasteiger partial charge is 0.393 e. The van der Waals surface area contributed by atoms with E-state index in [2.05, 4.69) is 26.1 Å². The maximum atomic E-state index is 11.8. The topological polar surface area (TPSA) is 49.3 Å². The zero-order valence-corrected chi connectivity index (χ0v) is 12.1. The van der Waals surface area contributed by atoms with E-state index in [1.54, 1.807) is 0 Å². The van der Waals surface area contributed by atoms with Crippen LogP contribution in [-0.2, 0) is 4.79 Å². The van der Waals surface area contributed by atoms with Gasteiger partial charge in [0.15, 0.2) is 0 Å². The van der Waals surface area contributed by atoms with Crippen LogP contribution in [0.3, 0.4) is 0 Å². The highest BCUT2D eigenvalue weighted by atomic mass is 16.3. The van der Waals surface area contributed by atoms with Crippen molar-refractivity contribution < 1.29 is 9.90 Å². The van der Waals surface area contributed by atoms with Crippen molar-refractivity contribution >= 4 is 5.91 Å². The number of amides is 1. The van der Waals surface area contributed by atoms with Gasteiger partial charge in [-0.3, -0.25) is 4.79 Å². The van der Waals surface area contributed by atoms with E-state index in [0.717, 1.165) is 38.6 Å². The summed E-state index contributed by atoms with van der Waals surface area (Å²) in [6, 6.07) is 0. The van der Waals surface area contributed by atoms with Gasteiger partial charge in [-0.05, 0) is 43.4 Å². The van der Waals surface area contributed by atoms with Crippen LogP contribution < -0.4 is 5.32 Å². The summed E-state index contributed by atoms with van der Waals surface area (Å²) in [5.41, 5.74) is 0. The molecular weight excluding hydrogens is 226 g/mol. The smallest absolute Gasteiger partial charge is 0.220 e. The Hall–Kier alpha value is -0.570. The summed E-state index contributed by atoms with van der Waals surface area (Å²) < 4.78 is 0. The molecule has 3 nitrogen and oxygen atoms in total. The average molecular weight is 255 g/mol. The molecule has 0 bridgehead atoms. The third-order valence-electron chi connectivity index (χ3n) is 3.75. The van der Waals surface area contributed by atoms with Gasteiger partial charge in [0, 0.05) is 13.0 Å². The molecule has 1 aliphatic rings. The van der Waals surface area contributed by atoms with Crippen molar-refractivity contribution in [1.29, 1.82) is 0 Å². The second-order valence-electron chi connectivity index (χ2n) is 6.43. The summed E-state index contributed by atoms with van der Waals surface area (Å²) in [5.74, 6) is 1.75. The van der Waals surface area contributed by atoms with E-state index in [1.807, 2.05) is 0 Å². The van der Waals surface area contributed by atoms with Crippen LogP contribution in [0.5, 0.6) is 0 Å². The summed E-state index contributed by atoms with van der Waals surface area (Å²) >= 11 is 0. The molecule has 1 amide bonds. The van der Waals surface area contributed by atoms with Gasteiger partial charge in [0.25, 0.3) is 0 Å². The molecule has 3 heteroatoms. The quantitative estimate of drug-likeness (QED) is 0.766. The Bertz CT molecular complexity index is 253. The van der Waals surface area contributed by atoms with Gasteiger partial charge in [-0.2, -0.15) is 0 Å². The Morgan fingerprint density at radius 2 is 2.06 bits per heavy atom. The van der Waals surface area contributed by atoms with Crippen molar-refractivity contribution in [2.24, 2.45) is 17.8 Å². The van der Waals surface area contributed by atoms with E-state index in [0.29, 0.717) is 24.2 Å². The SMILES string of the molecule is CC(C)CC(C)CC(=O)NCC1CCCC(O)C1. The summed E-state index contributed by atoms with van der Waals surface area (Å²) in [6.45, 7) is 7.27. The zero-order valence-electron chi connectivity index (χ0n) is 12.1. The maximum absolute atomic E-state index is 11.8. The van der Waals surface area contributed by atoms with E-state index in [9.17, 15) is 9.90 Å². The highest BCUT2D eigenvalue weighted by Gasteiger charge is 2.20. The van der Waals surface area contributed by atoms with Gasteiger partial charge in [0.05, 0.1) is 6.10 Å². The minimum absolute atomic E-state index is 0.152. The standard InChI is InChI=1S/C15H29NO2/c1-11(2)7-12(3)8-15(18)16-10-13-5-4-6-14(17)9-13/h11-14,17H,4-10H2,1-3H3,(H,16,18). The van der Waals surface area contributed by atoms with Gasteiger partial charge < -0.3 is 10.4 Å². The molecule has 3 unspecified atom stereocenters. The molecule has 0 aliphatic heterocycles. The number of nitrogens with one attached hydrogen (secondary N) is 1. The number of hydrogen-bond acceptors (Lipinski definition) is 2. The Morgan fingerprint density at radius 3 is 2.67 bits per heavy atom. The molecule has 18 heavy (non-hydrogen) atoms. The highest BCUT2D eigenvalue weighted by Crippen LogP contribution is 2.23. The number of aliphatic hydroxyl groups is 1. The fraction of sp³-hybridized carbons (Fsp3) is 0.933. The fourth-order valence-electron chi connectivity index (χ4n) is 2.98. The van der Waals surface area contributed by atoms with Crippen LogP contribution in [0, 0.1) is 17.8 Å². The number of rotatable bonds is 6. The molecule has 0 aromatic rings. The van der Waals surface area contributed by atoms with Crippen molar-refractivity contribution in [2.75, 3.05) is 6.54 Å². The van der Waals surface area contributed by atoms with E-state index in [4.69, 9.17) is 0 Å². The van der Waals surface area contributed by atoms with Crippen LogP contribution in [0.25, 0.3) is 0 Å². The predicted molar refractivity (Wildman–Crippen MR) is 74.2 cm³/mol. The first-order valence-electron chi connectivity index (χ1n) is 7.42. The lowest BCUT2D eigenvalue weighted by Gasteiger charge is -2.26. The third kappa shape index (κ3) is 6.39. The molecule has 0 heterocycles. The lowest BCUT2D eigenvalue weighted by Crippen LogP contribution is -2.33. The van der Waals surface area contributed by atoms with Crippen molar-refractivity contribution in [3.63, 3.8) is 0 Å². The second kappa shape index (κ2) is 7.78. The van der Waals surface area contributed by atoms with Gasteiger partial charge >= 0.3 is 0 Å². The van der Waals surface area contributed by atoms with Gasteiger partial charge in [0.2, 0.25) is 5.91 Å². The number of hydrogen-bond donors (Lipinski definition) is 2. The molecule has 0 saturated heterocycles. The molecule has 1 saturated carbocycles. The maximum Gasteiger partial charge on any atom is 0.220 e. The monoisotopic (exact) mass is 255 g/mol. The minimum atomic E-state index is -0.152. The predicted octanol–water partition coefficient (Wildman–Crippen LogP) is 2.73. The van der Waals surface area contributed by atoms with Crippen molar-refractivity contribution in [2.45, 2.75) is 65.4 Å². The molecular formula is C15H29NO2. The summed E-state index contributed by atoms with van der Waals surface area (Å²) in [6.07, 6.45) is 5.59. The Labute approximate surface area is 111 Å². The lowest BCUT2D eigenvalue weighted by atomic mass is 9.87. The third-order valence-corrected chi connectivity index (χ3v) is 3.75. The molecule has 0 aromatic heterocycles. The average Bonchev–Trinajstić information content (AvgIpc) is 2.25. The first-order chi connectivity index (χ1) is 8.47. The van der Waals surface area contributed by atoms with Crippen LogP contribution >= 0.6 is 0 Å². The van der Waals surface area contributed by atoms with Crippen molar-refractivity contribution in [1.82, 2.24) is 5.32 Å². The first kappa shape index (κ1) is 15.5. The minimum Gasteiger partial charge on any atom is -0.393 e. The molecule has 0 radical (unpaired) electrons. The summed E-state index contributed by atoms with van der Waals surface area (Å²) in [4.78, 5) is 11.8. The number of carbonyl (C=O) groups excluding carboxylic acids is 1. The van der Waals surface area contributed by atoms with Crippen LogP contribution in [0.4, 0.5) is 0 Å². The first-order valence-corrected chi connectivity index (χ1v) is 7.42. The van der Waals surface area contributed by atoms with Gasteiger partial charge in [0.1, 0.15) is 0 Å². The number of aliphatic hydroxyl groups excluding tert-OH is 1. The molecule has 106 valence electrons. The van der Waals surface area contributed by atoms with Crippen molar-refractivity contribution in [3.8, 4) is 0 Å². The molecule has 1 fully saturated rings. The van der Waals surface area contributed by atoms with E-state index >= 15 is 0 Å². The van der Waals surface area contributed by atoms with Crippen molar-refractivity contribution in [3.05, 3.63) is 0 Å². The number of carbonyl (C=O) groups is 1. The second-order valence-corrected chi connectivity index (χ2v) is 6.43. The van der Waals surface area contributed by atoms with E-state index in [1.165, 1.54) is 0 Å². The molecule has 1 aliphatic carbocycles. The summed E-state index contributed by atoms with van der Waals surface area (Å²) in [5, 5.41) is 12.6. The highest BCUT2D eigenvalue weighted by molar-refractivity contribution is 5.76. The lowest BCUT2D eigenvalue weighted by molar-refractivity contribution is -0.122. The van der Waals surface area contributed by atoms with E-state index in [-0.39, 0.29) is 12.0 Å². The molecule has 0 aromatic carbocycles. The normalized spacial score (nSPS) is 26.1. The van der Waals surface area contributed by atoms with Gasteiger partial charge in [-0.1, -0.05) is 27.2 Å². The molecule has 3 atom stereocenters. The Balaban J connectivity index is 2.16. The van der Waals surface area contributed by atoms with Crippen LogP contribution in [-0.4, -0.2) is 23.7 Å². The Morgan fingerprint density at radius 1 is 1.33 bits per heavy atom. The van der Waals surface area contributed by atoms with Crippen LogP contribution in [0.2, 0.25) is 0 Å². The molecule has 1 rings (SSSR count). The summed E-state index contributed by atoms with van der Waals surface area (Å²) in [7, 11) is 0. The van der Waals surface area contributed by atoms with Gasteiger partial charge in [-0.15, -0.1) is 0 Å². The van der Waals surface area contributed by atoms with Gasteiger partial charge in [-0.25, -0.2) is 0 Å². The van der Waals surface area contributed by atoms with Crippen LogP contribution in [0.1, 0.15) is 59.3 Å². The Kier molecular flexibility index (Phi) is 6.69. The zero-order chi connectivity index (χ0) is 13.5.